The molecule has 2 N–H and O–H groups in total. The van der Waals surface area contributed by atoms with Crippen LogP contribution in [-0.4, -0.2) is 28.2 Å². The highest BCUT2D eigenvalue weighted by Crippen LogP contribution is 2.43. The van der Waals surface area contributed by atoms with Crippen molar-refractivity contribution in [1.29, 1.82) is 0 Å². The molecule has 0 spiro atoms. The van der Waals surface area contributed by atoms with Gasteiger partial charge >= 0.3 is 0 Å². The first-order chi connectivity index (χ1) is 16.8. The van der Waals surface area contributed by atoms with Gasteiger partial charge in [-0.1, -0.05) is 106 Å². The van der Waals surface area contributed by atoms with Gasteiger partial charge in [0.25, 0.3) is 0 Å². The molecule has 4 rings (SSSR count). The SMILES string of the molecule is CC(C)(C)CCN(CCC[C@@]1(O)CC[C@@H](O)c2ccccc21)C(c1ccccc1)c1ccccc1. The van der Waals surface area contributed by atoms with Gasteiger partial charge in [0.2, 0.25) is 0 Å². The predicted molar refractivity (Wildman–Crippen MR) is 144 cm³/mol. The first-order valence-corrected chi connectivity index (χ1v) is 13.1. The quantitative estimate of drug-likeness (QED) is 0.353. The number of fused-ring (bicyclic) bond motifs is 1. The van der Waals surface area contributed by atoms with Crippen LogP contribution >= 0.6 is 0 Å². The Hall–Kier alpha value is -2.46. The average Bonchev–Trinajstić information content (AvgIpc) is 2.86. The van der Waals surface area contributed by atoms with Crippen LogP contribution in [-0.2, 0) is 5.60 Å². The van der Waals surface area contributed by atoms with E-state index in [1.165, 1.54) is 11.1 Å². The summed E-state index contributed by atoms with van der Waals surface area (Å²) in [4.78, 5) is 2.60. The fourth-order valence-corrected chi connectivity index (χ4v) is 5.45. The van der Waals surface area contributed by atoms with Crippen LogP contribution in [0.5, 0.6) is 0 Å². The predicted octanol–water partition coefficient (Wildman–Crippen LogP) is 7.01. The minimum Gasteiger partial charge on any atom is -0.388 e. The minimum absolute atomic E-state index is 0.176. The molecule has 0 unspecified atom stereocenters. The molecule has 0 aliphatic heterocycles. The van der Waals surface area contributed by atoms with Crippen molar-refractivity contribution in [2.75, 3.05) is 13.1 Å². The molecule has 0 saturated heterocycles. The number of rotatable bonds is 9. The van der Waals surface area contributed by atoms with E-state index in [-0.39, 0.29) is 11.5 Å². The Balaban J connectivity index is 1.58. The fourth-order valence-electron chi connectivity index (χ4n) is 5.45. The van der Waals surface area contributed by atoms with E-state index in [2.05, 4.69) is 86.3 Å². The Morgan fingerprint density at radius 1 is 0.857 bits per heavy atom. The number of nitrogens with zero attached hydrogens (tertiary/aromatic N) is 1. The van der Waals surface area contributed by atoms with Crippen molar-refractivity contribution in [2.45, 2.75) is 70.6 Å². The lowest BCUT2D eigenvalue weighted by atomic mass is 9.75. The normalized spacial score (nSPS) is 20.3. The molecule has 1 aliphatic carbocycles. The van der Waals surface area contributed by atoms with Gasteiger partial charge in [-0.25, -0.2) is 0 Å². The van der Waals surface area contributed by atoms with Crippen LogP contribution in [0.2, 0.25) is 0 Å². The summed E-state index contributed by atoms with van der Waals surface area (Å²) in [6.45, 7) is 8.80. The molecular formula is C32H41NO2. The molecule has 3 heteroatoms. The number of aliphatic hydroxyl groups is 2. The topological polar surface area (TPSA) is 43.7 Å². The van der Waals surface area contributed by atoms with Gasteiger partial charge < -0.3 is 10.2 Å². The summed E-state index contributed by atoms with van der Waals surface area (Å²) in [5, 5.41) is 22.1. The van der Waals surface area contributed by atoms with E-state index >= 15 is 0 Å². The van der Waals surface area contributed by atoms with Gasteiger partial charge in [-0.3, -0.25) is 4.90 Å². The molecule has 0 heterocycles. The summed E-state index contributed by atoms with van der Waals surface area (Å²) < 4.78 is 0. The average molecular weight is 472 g/mol. The third-order valence-corrected chi connectivity index (χ3v) is 7.43. The summed E-state index contributed by atoms with van der Waals surface area (Å²) in [6.07, 6.45) is 3.42. The molecule has 3 nitrogen and oxygen atoms in total. The molecule has 0 amide bonds. The van der Waals surface area contributed by atoms with Crippen LogP contribution in [0, 0.1) is 5.41 Å². The third kappa shape index (κ3) is 6.41. The summed E-state index contributed by atoms with van der Waals surface area (Å²) >= 11 is 0. The Labute approximate surface area is 211 Å². The number of hydrogen-bond acceptors (Lipinski definition) is 3. The third-order valence-electron chi connectivity index (χ3n) is 7.43. The Morgan fingerprint density at radius 3 is 2.03 bits per heavy atom. The van der Waals surface area contributed by atoms with Crippen LogP contribution in [0.4, 0.5) is 0 Å². The molecule has 2 atom stereocenters. The van der Waals surface area contributed by atoms with E-state index in [0.29, 0.717) is 19.3 Å². The monoisotopic (exact) mass is 471 g/mol. The van der Waals surface area contributed by atoms with Crippen molar-refractivity contribution in [1.82, 2.24) is 4.90 Å². The van der Waals surface area contributed by atoms with Gasteiger partial charge in [0.05, 0.1) is 17.7 Å². The smallest absolute Gasteiger partial charge is 0.0901 e. The van der Waals surface area contributed by atoms with Gasteiger partial charge in [0.1, 0.15) is 0 Å². The van der Waals surface area contributed by atoms with E-state index in [0.717, 1.165) is 37.1 Å². The highest BCUT2D eigenvalue weighted by molar-refractivity contribution is 5.36. The van der Waals surface area contributed by atoms with Gasteiger partial charge in [0, 0.05) is 0 Å². The summed E-state index contributed by atoms with van der Waals surface area (Å²) in [5.41, 5.74) is 3.77. The lowest BCUT2D eigenvalue weighted by molar-refractivity contribution is -0.0171. The number of hydrogen-bond donors (Lipinski definition) is 2. The van der Waals surface area contributed by atoms with Crippen LogP contribution in [0.25, 0.3) is 0 Å². The summed E-state index contributed by atoms with van der Waals surface area (Å²) in [5.74, 6) is 0. The first-order valence-electron chi connectivity index (χ1n) is 13.1. The van der Waals surface area contributed by atoms with Crippen molar-refractivity contribution in [3.8, 4) is 0 Å². The molecule has 3 aromatic carbocycles. The van der Waals surface area contributed by atoms with Crippen LogP contribution in [0.15, 0.2) is 84.9 Å². The molecule has 0 radical (unpaired) electrons. The van der Waals surface area contributed by atoms with E-state index in [1.807, 2.05) is 24.3 Å². The summed E-state index contributed by atoms with van der Waals surface area (Å²) in [7, 11) is 0. The zero-order valence-electron chi connectivity index (χ0n) is 21.5. The number of aliphatic hydroxyl groups excluding tert-OH is 1. The molecule has 0 saturated carbocycles. The second kappa shape index (κ2) is 11.1. The van der Waals surface area contributed by atoms with Crippen LogP contribution < -0.4 is 0 Å². The van der Waals surface area contributed by atoms with Crippen molar-refractivity contribution in [2.24, 2.45) is 5.41 Å². The standard InChI is InChI=1S/C32H41NO2/c1-31(2,3)22-24-33(30(25-13-6-4-7-14-25)26-15-8-5-9-16-26)23-12-20-32(35)21-19-29(34)27-17-10-11-18-28(27)32/h4-11,13-18,29-30,34-35H,12,19-24H2,1-3H3/t29-,32-/m1/s1. The molecule has 0 bridgehead atoms. The van der Waals surface area contributed by atoms with Crippen molar-refractivity contribution in [3.05, 3.63) is 107 Å². The zero-order chi connectivity index (χ0) is 24.9. The molecule has 0 aromatic heterocycles. The number of benzene rings is 3. The van der Waals surface area contributed by atoms with Crippen molar-refractivity contribution < 1.29 is 10.2 Å². The molecule has 1 aliphatic rings. The van der Waals surface area contributed by atoms with E-state index < -0.39 is 11.7 Å². The largest absolute Gasteiger partial charge is 0.388 e. The van der Waals surface area contributed by atoms with E-state index in [9.17, 15) is 10.2 Å². The minimum atomic E-state index is -0.874. The van der Waals surface area contributed by atoms with Gasteiger partial charge in [-0.05, 0) is 72.9 Å². The first kappa shape index (κ1) is 25.6. The maximum Gasteiger partial charge on any atom is 0.0901 e. The molecule has 186 valence electrons. The molecule has 3 aromatic rings. The Morgan fingerprint density at radius 2 is 1.43 bits per heavy atom. The maximum atomic E-state index is 11.7. The second-order valence-electron chi connectivity index (χ2n) is 11.3. The van der Waals surface area contributed by atoms with Gasteiger partial charge in [-0.15, -0.1) is 0 Å². The van der Waals surface area contributed by atoms with E-state index in [1.54, 1.807) is 0 Å². The fraction of sp³-hybridized carbons (Fsp3) is 0.438. The molecule has 35 heavy (non-hydrogen) atoms. The van der Waals surface area contributed by atoms with Crippen molar-refractivity contribution in [3.63, 3.8) is 0 Å². The van der Waals surface area contributed by atoms with Crippen LogP contribution in [0.3, 0.4) is 0 Å². The van der Waals surface area contributed by atoms with Crippen LogP contribution in [0.1, 0.15) is 87.3 Å². The van der Waals surface area contributed by atoms with E-state index in [4.69, 9.17) is 0 Å². The molecule has 0 fully saturated rings. The Bertz CT molecular complexity index is 1020. The summed E-state index contributed by atoms with van der Waals surface area (Å²) in [6, 6.07) is 29.6. The van der Waals surface area contributed by atoms with Gasteiger partial charge in [-0.2, -0.15) is 0 Å². The maximum absolute atomic E-state index is 11.7. The molecular weight excluding hydrogens is 430 g/mol. The Kier molecular flexibility index (Phi) is 8.11. The lowest BCUT2D eigenvalue weighted by Crippen LogP contribution is -2.36. The highest BCUT2D eigenvalue weighted by Gasteiger charge is 2.37. The van der Waals surface area contributed by atoms with Crippen molar-refractivity contribution >= 4 is 0 Å². The van der Waals surface area contributed by atoms with Gasteiger partial charge in [0.15, 0.2) is 0 Å². The lowest BCUT2D eigenvalue weighted by Gasteiger charge is -2.38. The highest BCUT2D eigenvalue weighted by atomic mass is 16.3. The zero-order valence-corrected chi connectivity index (χ0v) is 21.5. The second-order valence-corrected chi connectivity index (χ2v) is 11.3.